The van der Waals surface area contributed by atoms with Gasteiger partial charge < -0.3 is 4.90 Å². The molecule has 0 N–H and O–H groups in total. The number of hydrogen-bond acceptors (Lipinski definition) is 1. The standard InChI is InChI=1S/C11H22FN/c1-5-13-7-6-9(10(12)8-13)11(2,3)4/h9-10H,5-8H2,1-4H3/t9-,10+/m0/s1. The molecule has 1 rings (SSSR count). The predicted molar refractivity (Wildman–Crippen MR) is 54.6 cm³/mol. The molecular weight excluding hydrogens is 165 g/mol. The second-order valence-corrected chi connectivity index (χ2v) is 5.17. The van der Waals surface area contributed by atoms with Crippen LogP contribution in [0.1, 0.15) is 34.1 Å². The van der Waals surface area contributed by atoms with Crippen molar-refractivity contribution < 1.29 is 4.39 Å². The lowest BCUT2D eigenvalue weighted by molar-refractivity contribution is 0.0287. The van der Waals surface area contributed by atoms with Gasteiger partial charge >= 0.3 is 0 Å². The van der Waals surface area contributed by atoms with Crippen molar-refractivity contribution in [2.24, 2.45) is 11.3 Å². The lowest BCUT2D eigenvalue weighted by Gasteiger charge is -2.40. The normalized spacial score (nSPS) is 32.1. The Labute approximate surface area is 81.3 Å². The van der Waals surface area contributed by atoms with Gasteiger partial charge in [0, 0.05) is 6.54 Å². The monoisotopic (exact) mass is 187 g/mol. The quantitative estimate of drug-likeness (QED) is 0.610. The zero-order valence-corrected chi connectivity index (χ0v) is 9.31. The number of nitrogens with zero attached hydrogens (tertiary/aromatic N) is 1. The summed E-state index contributed by atoms with van der Waals surface area (Å²) in [6.07, 6.45) is 0.382. The molecule has 0 unspecified atom stereocenters. The molecule has 78 valence electrons. The number of piperidine rings is 1. The van der Waals surface area contributed by atoms with Crippen molar-refractivity contribution in [1.29, 1.82) is 0 Å². The third-order valence-electron chi connectivity index (χ3n) is 3.19. The molecule has 1 nitrogen and oxygen atoms in total. The van der Waals surface area contributed by atoms with Gasteiger partial charge in [-0.25, -0.2) is 4.39 Å². The largest absolute Gasteiger partial charge is 0.301 e. The minimum Gasteiger partial charge on any atom is -0.301 e. The molecule has 0 amide bonds. The van der Waals surface area contributed by atoms with Crippen LogP contribution in [0.3, 0.4) is 0 Å². The van der Waals surface area contributed by atoms with Crippen LogP contribution in [0.5, 0.6) is 0 Å². The van der Waals surface area contributed by atoms with Gasteiger partial charge in [0.2, 0.25) is 0 Å². The summed E-state index contributed by atoms with van der Waals surface area (Å²) in [5.41, 5.74) is 0.124. The highest BCUT2D eigenvalue weighted by atomic mass is 19.1. The highest BCUT2D eigenvalue weighted by Gasteiger charge is 2.36. The molecule has 1 aliphatic heterocycles. The Kier molecular flexibility index (Phi) is 3.33. The molecule has 0 aliphatic carbocycles. The number of rotatable bonds is 1. The molecule has 0 spiro atoms. The molecule has 1 fully saturated rings. The van der Waals surface area contributed by atoms with Gasteiger partial charge in [0.1, 0.15) is 6.17 Å². The molecule has 0 saturated carbocycles. The first kappa shape index (κ1) is 11.0. The maximum absolute atomic E-state index is 13.7. The summed E-state index contributed by atoms with van der Waals surface area (Å²) in [6, 6.07) is 0. The molecule has 2 heteroatoms. The molecular formula is C11H22FN. The maximum atomic E-state index is 13.7. The second kappa shape index (κ2) is 3.95. The Hall–Kier alpha value is -0.110. The molecule has 0 aromatic rings. The van der Waals surface area contributed by atoms with Crippen LogP contribution in [-0.2, 0) is 0 Å². The highest BCUT2D eigenvalue weighted by Crippen LogP contribution is 2.35. The molecule has 1 saturated heterocycles. The summed E-state index contributed by atoms with van der Waals surface area (Å²) in [6.45, 7) is 11.2. The Balaban J connectivity index is 2.53. The third kappa shape index (κ3) is 2.67. The van der Waals surface area contributed by atoms with E-state index in [0.717, 1.165) is 19.5 Å². The fourth-order valence-electron chi connectivity index (χ4n) is 2.23. The number of likely N-dealkylation sites (tertiary alicyclic amines) is 1. The number of halogens is 1. The maximum Gasteiger partial charge on any atom is 0.116 e. The van der Waals surface area contributed by atoms with Crippen molar-refractivity contribution in [1.82, 2.24) is 4.90 Å². The van der Waals surface area contributed by atoms with Crippen molar-refractivity contribution in [3.05, 3.63) is 0 Å². The van der Waals surface area contributed by atoms with E-state index in [1.54, 1.807) is 0 Å². The van der Waals surface area contributed by atoms with Crippen molar-refractivity contribution >= 4 is 0 Å². The van der Waals surface area contributed by atoms with E-state index in [9.17, 15) is 4.39 Å². The van der Waals surface area contributed by atoms with Gasteiger partial charge in [-0.1, -0.05) is 27.7 Å². The van der Waals surface area contributed by atoms with E-state index in [2.05, 4.69) is 32.6 Å². The summed E-state index contributed by atoms with van der Waals surface area (Å²) in [5, 5.41) is 0. The van der Waals surface area contributed by atoms with Crippen molar-refractivity contribution in [2.45, 2.75) is 40.3 Å². The molecule has 0 bridgehead atoms. The van der Waals surface area contributed by atoms with E-state index in [1.165, 1.54) is 0 Å². The molecule has 0 aromatic carbocycles. The second-order valence-electron chi connectivity index (χ2n) is 5.17. The number of alkyl halides is 1. The van der Waals surface area contributed by atoms with E-state index < -0.39 is 6.17 Å². The molecule has 1 heterocycles. The summed E-state index contributed by atoms with van der Waals surface area (Å²) in [5.74, 6) is 0.246. The predicted octanol–water partition coefficient (Wildman–Crippen LogP) is 2.71. The average molecular weight is 187 g/mol. The van der Waals surface area contributed by atoms with Gasteiger partial charge in [0.05, 0.1) is 0 Å². The highest BCUT2D eigenvalue weighted by molar-refractivity contribution is 4.86. The molecule has 1 aliphatic rings. The zero-order valence-electron chi connectivity index (χ0n) is 9.31. The Morgan fingerprint density at radius 3 is 2.38 bits per heavy atom. The first-order chi connectivity index (χ1) is 5.95. The minimum absolute atomic E-state index is 0.124. The van der Waals surface area contributed by atoms with Crippen LogP contribution in [0.4, 0.5) is 4.39 Å². The van der Waals surface area contributed by atoms with Crippen LogP contribution >= 0.6 is 0 Å². The van der Waals surface area contributed by atoms with Crippen LogP contribution in [0.25, 0.3) is 0 Å². The van der Waals surface area contributed by atoms with Crippen LogP contribution in [0.15, 0.2) is 0 Å². The molecule has 2 atom stereocenters. The van der Waals surface area contributed by atoms with Gasteiger partial charge in [-0.3, -0.25) is 0 Å². The van der Waals surface area contributed by atoms with Crippen LogP contribution in [0.2, 0.25) is 0 Å². The van der Waals surface area contributed by atoms with Crippen molar-refractivity contribution in [3.63, 3.8) is 0 Å². The topological polar surface area (TPSA) is 3.24 Å². The first-order valence-corrected chi connectivity index (χ1v) is 5.31. The SMILES string of the molecule is CCN1CC[C@H](C(C)(C)C)[C@H](F)C1. The lowest BCUT2D eigenvalue weighted by atomic mass is 9.74. The summed E-state index contributed by atoms with van der Waals surface area (Å²) in [7, 11) is 0. The number of hydrogen-bond donors (Lipinski definition) is 0. The fourth-order valence-corrected chi connectivity index (χ4v) is 2.23. The van der Waals surface area contributed by atoms with E-state index in [0.29, 0.717) is 6.54 Å². The summed E-state index contributed by atoms with van der Waals surface area (Å²) >= 11 is 0. The van der Waals surface area contributed by atoms with Gasteiger partial charge in [0.25, 0.3) is 0 Å². The van der Waals surface area contributed by atoms with Gasteiger partial charge in [-0.05, 0) is 30.8 Å². The van der Waals surface area contributed by atoms with Gasteiger partial charge in [0.15, 0.2) is 0 Å². The third-order valence-corrected chi connectivity index (χ3v) is 3.19. The average Bonchev–Trinajstić information content (AvgIpc) is 2.01. The van der Waals surface area contributed by atoms with Crippen molar-refractivity contribution in [3.8, 4) is 0 Å². The first-order valence-electron chi connectivity index (χ1n) is 5.31. The lowest BCUT2D eigenvalue weighted by Crippen LogP contribution is -2.45. The Morgan fingerprint density at radius 2 is 2.00 bits per heavy atom. The zero-order chi connectivity index (χ0) is 10.1. The Bertz CT molecular complexity index is 162. The molecule has 13 heavy (non-hydrogen) atoms. The minimum atomic E-state index is -0.631. The molecule has 0 aromatic heterocycles. The van der Waals surface area contributed by atoms with E-state index in [1.807, 2.05) is 0 Å². The van der Waals surface area contributed by atoms with E-state index in [-0.39, 0.29) is 11.3 Å². The van der Waals surface area contributed by atoms with E-state index >= 15 is 0 Å². The van der Waals surface area contributed by atoms with Crippen molar-refractivity contribution in [2.75, 3.05) is 19.6 Å². The molecule has 0 radical (unpaired) electrons. The van der Waals surface area contributed by atoms with Gasteiger partial charge in [-0.2, -0.15) is 0 Å². The summed E-state index contributed by atoms with van der Waals surface area (Å²) < 4.78 is 13.7. The smallest absolute Gasteiger partial charge is 0.116 e. The van der Waals surface area contributed by atoms with Crippen LogP contribution < -0.4 is 0 Å². The van der Waals surface area contributed by atoms with E-state index in [4.69, 9.17) is 0 Å². The van der Waals surface area contributed by atoms with Crippen LogP contribution in [-0.4, -0.2) is 30.7 Å². The summed E-state index contributed by atoms with van der Waals surface area (Å²) in [4.78, 5) is 2.20. The van der Waals surface area contributed by atoms with Crippen LogP contribution in [0, 0.1) is 11.3 Å². The van der Waals surface area contributed by atoms with Gasteiger partial charge in [-0.15, -0.1) is 0 Å². The Morgan fingerprint density at radius 1 is 1.38 bits per heavy atom. The fraction of sp³-hybridized carbons (Fsp3) is 1.00.